The van der Waals surface area contributed by atoms with Crippen molar-refractivity contribution in [2.45, 2.75) is 26.0 Å². The molecule has 0 aliphatic rings. The van der Waals surface area contributed by atoms with Crippen molar-refractivity contribution >= 4 is 23.2 Å². The summed E-state index contributed by atoms with van der Waals surface area (Å²) >= 11 is 11.8. The number of aliphatic hydroxyl groups excluding tert-OH is 1. The van der Waals surface area contributed by atoms with Crippen LogP contribution in [0.5, 0.6) is 5.75 Å². The lowest BCUT2D eigenvalue weighted by molar-refractivity contribution is 0.105. The first-order valence-corrected chi connectivity index (χ1v) is 6.24. The molecule has 0 heterocycles. The van der Waals surface area contributed by atoms with Gasteiger partial charge in [-0.15, -0.1) is 0 Å². The minimum atomic E-state index is -0.576. The molecule has 1 unspecified atom stereocenters. The van der Waals surface area contributed by atoms with E-state index in [0.717, 1.165) is 0 Å². The lowest BCUT2D eigenvalue weighted by atomic mass is 10.3. The van der Waals surface area contributed by atoms with Gasteiger partial charge in [0.25, 0.3) is 0 Å². The Labute approximate surface area is 112 Å². The van der Waals surface area contributed by atoms with Crippen LogP contribution in [0.1, 0.15) is 13.8 Å². The third-order valence-corrected chi connectivity index (χ3v) is 2.91. The highest BCUT2D eigenvalue weighted by molar-refractivity contribution is 6.42. The zero-order valence-corrected chi connectivity index (χ0v) is 11.4. The summed E-state index contributed by atoms with van der Waals surface area (Å²) in [6, 6.07) is 5.49. The topological polar surface area (TPSA) is 41.5 Å². The molecule has 0 saturated heterocycles. The number of halogens is 2. The summed E-state index contributed by atoms with van der Waals surface area (Å²) in [7, 11) is 0. The number of hydrogen-bond acceptors (Lipinski definition) is 3. The van der Waals surface area contributed by atoms with Gasteiger partial charge in [0.05, 0.1) is 5.02 Å². The van der Waals surface area contributed by atoms with E-state index in [-0.39, 0.29) is 6.61 Å². The summed E-state index contributed by atoms with van der Waals surface area (Å²) in [4.78, 5) is 0. The molecule has 1 atom stereocenters. The predicted octanol–water partition coefficient (Wildman–Crippen LogP) is 2.73. The van der Waals surface area contributed by atoms with Crippen LogP contribution in [-0.2, 0) is 0 Å². The van der Waals surface area contributed by atoms with E-state index in [4.69, 9.17) is 27.9 Å². The summed E-state index contributed by atoms with van der Waals surface area (Å²) < 4.78 is 5.41. The van der Waals surface area contributed by atoms with Crippen LogP contribution < -0.4 is 10.1 Å². The van der Waals surface area contributed by atoms with Crippen LogP contribution in [0.4, 0.5) is 0 Å². The standard InChI is InChI=1S/C12H17Cl2NO2/c1-8(2)15-6-9(16)7-17-11-5-3-4-10(13)12(11)14/h3-5,8-9,15-16H,6-7H2,1-2H3. The molecule has 0 saturated carbocycles. The fourth-order valence-corrected chi connectivity index (χ4v) is 1.56. The monoisotopic (exact) mass is 277 g/mol. The average Bonchev–Trinajstić information content (AvgIpc) is 2.28. The minimum Gasteiger partial charge on any atom is -0.489 e. The van der Waals surface area contributed by atoms with E-state index in [1.807, 2.05) is 13.8 Å². The fourth-order valence-electron chi connectivity index (χ4n) is 1.21. The van der Waals surface area contributed by atoms with Crippen molar-refractivity contribution in [1.82, 2.24) is 5.32 Å². The molecule has 2 N–H and O–H groups in total. The molecule has 0 amide bonds. The first kappa shape index (κ1) is 14.6. The largest absolute Gasteiger partial charge is 0.489 e. The summed E-state index contributed by atoms with van der Waals surface area (Å²) in [5, 5.41) is 13.6. The van der Waals surface area contributed by atoms with Crippen LogP contribution in [-0.4, -0.2) is 30.4 Å². The molecule has 0 aromatic heterocycles. The van der Waals surface area contributed by atoms with Gasteiger partial charge >= 0.3 is 0 Å². The highest BCUT2D eigenvalue weighted by Gasteiger charge is 2.09. The maximum absolute atomic E-state index is 9.66. The van der Waals surface area contributed by atoms with Gasteiger partial charge in [-0.1, -0.05) is 43.1 Å². The normalized spacial score (nSPS) is 12.8. The molecule has 1 rings (SSSR count). The Morgan fingerprint density at radius 2 is 2.06 bits per heavy atom. The van der Waals surface area contributed by atoms with E-state index < -0.39 is 6.10 Å². The summed E-state index contributed by atoms with van der Waals surface area (Å²) in [6.07, 6.45) is -0.576. The molecule has 0 bridgehead atoms. The third-order valence-electron chi connectivity index (χ3n) is 2.11. The van der Waals surface area contributed by atoms with E-state index in [0.29, 0.717) is 28.4 Å². The molecular formula is C12H17Cl2NO2. The first-order chi connectivity index (χ1) is 8.00. The smallest absolute Gasteiger partial charge is 0.139 e. The lowest BCUT2D eigenvalue weighted by Gasteiger charge is -2.15. The van der Waals surface area contributed by atoms with Crippen LogP contribution in [0, 0.1) is 0 Å². The van der Waals surface area contributed by atoms with Gasteiger partial charge in [0, 0.05) is 12.6 Å². The Hall–Kier alpha value is -0.480. The van der Waals surface area contributed by atoms with Gasteiger partial charge < -0.3 is 15.2 Å². The van der Waals surface area contributed by atoms with Crippen LogP contribution in [0.25, 0.3) is 0 Å². The average molecular weight is 278 g/mol. The van der Waals surface area contributed by atoms with Crippen molar-refractivity contribution in [3.05, 3.63) is 28.2 Å². The Morgan fingerprint density at radius 3 is 2.71 bits per heavy atom. The van der Waals surface area contributed by atoms with Crippen LogP contribution in [0.3, 0.4) is 0 Å². The molecule has 0 radical (unpaired) electrons. The van der Waals surface area contributed by atoms with Gasteiger partial charge in [-0.25, -0.2) is 0 Å². The van der Waals surface area contributed by atoms with Crippen LogP contribution in [0.2, 0.25) is 10.0 Å². The second-order valence-corrected chi connectivity index (χ2v) is 4.86. The summed E-state index contributed by atoms with van der Waals surface area (Å²) in [5.74, 6) is 0.489. The van der Waals surface area contributed by atoms with Crippen LogP contribution in [0.15, 0.2) is 18.2 Å². The number of ether oxygens (including phenoxy) is 1. The van der Waals surface area contributed by atoms with Crippen molar-refractivity contribution in [2.24, 2.45) is 0 Å². The second-order valence-electron chi connectivity index (χ2n) is 4.08. The van der Waals surface area contributed by atoms with Gasteiger partial charge in [0.1, 0.15) is 23.5 Å². The number of hydrogen-bond donors (Lipinski definition) is 2. The summed E-state index contributed by atoms with van der Waals surface area (Å²) in [6.45, 7) is 4.69. The molecule has 0 aliphatic heterocycles. The Bertz CT molecular complexity index is 358. The quantitative estimate of drug-likeness (QED) is 0.840. The van der Waals surface area contributed by atoms with Crippen molar-refractivity contribution in [2.75, 3.05) is 13.2 Å². The van der Waals surface area contributed by atoms with E-state index in [2.05, 4.69) is 5.32 Å². The molecule has 0 aliphatic carbocycles. The van der Waals surface area contributed by atoms with Crippen molar-refractivity contribution in [1.29, 1.82) is 0 Å². The lowest BCUT2D eigenvalue weighted by Crippen LogP contribution is -2.35. The highest BCUT2D eigenvalue weighted by Crippen LogP contribution is 2.31. The van der Waals surface area contributed by atoms with Crippen molar-refractivity contribution in [3.63, 3.8) is 0 Å². The van der Waals surface area contributed by atoms with Crippen LogP contribution >= 0.6 is 23.2 Å². The molecule has 5 heteroatoms. The Kier molecular flexibility index (Phi) is 6.06. The van der Waals surface area contributed by atoms with Crippen molar-refractivity contribution in [3.8, 4) is 5.75 Å². The van der Waals surface area contributed by atoms with Gasteiger partial charge in [0.2, 0.25) is 0 Å². The third kappa shape index (κ3) is 5.13. The first-order valence-electron chi connectivity index (χ1n) is 5.49. The maximum atomic E-state index is 9.66. The van der Waals surface area contributed by atoms with E-state index in [9.17, 15) is 5.11 Å². The number of benzene rings is 1. The molecule has 0 spiro atoms. The highest BCUT2D eigenvalue weighted by atomic mass is 35.5. The van der Waals surface area contributed by atoms with E-state index in [1.165, 1.54) is 0 Å². The van der Waals surface area contributed by atoms with Gasteiger partial charge in [-0.3, -0.25) is 0 Å². The molecule has 0 fully saturated rings. The molecular weight excluding hydrogens is 261 g/mol. The van der Waals surface area contributed by atoms with E-state index in [1.54, 1.807) is 18.2 Å². The maximum Gasteiger partial charge on any atom is 0.139 e. The molecule has 17 heavy (non-hydrogen) atoms. The fraction of sp³-hybridized carbons (Fsp3) is 0.500. The Morgan fingerprint density at radius 1 is 1.35 bits per heavy atom. The molecule has 96 valence electrons. The van der Waals surface area contributed by atoms with Crippen molar-refractivity contribution < 1.29 is 9.84 Å². The number of aliphatic hydroxyl groups is 1. The SMILES string of the molecule is CC(C)NCC(O)COc1cccc(Cl)c1Cl. The van der Waals surface area contributed by atoms with Gasteiger partial charge in [-0.2, -0.15) is 0 Å². The van der Waals surface area contributed by atoms with Gasteiger partial charge in [0.15, 0.2) is 0 Å². The zero-order valence-electron chi connectivity index (χ0n) is 9.91. The molecule has 1 aromatic carbocycles. The zero-order chi connectivity index (χ0) is 12.8. The minimum absolute atomic E-state index is 0.180. The molecule has 1 aromatic rings. The number of nitrogens with one attached hydrogen (secondary N) is 1. The molecule has 3 nitrogen and oxygen atoms in total. The van der Waals surface area contributed by atoms with Gasteiger partial charge in [-0.05, 0) is 12.1 Å². The predicted molar refractivity (Wildman–Crippen MR) is 71.1 cm³/mol. The summed E-state index contributed by atoms with van der Waals surface area (Å²) in [5.41, 5.74) is 0. The van der Waals surface area contributed by atoms with E-state index >= 15 is 0 Å². The Balaban J connectivity index is 2.42. The number of rotatable bonds is 6. The second kappa shape index (κ2) is 7.07.